The molecule has 0 fully saturated rings. The third kappa shape index (κ3) is 8.04. The van der Waals surface area contributed by atoms with Crippen LogP contribution >= 0.6 is 0 Å². The summed E-state index contributed by atoms with van der Waals surface area (Å²) in [6.07, 6.45) is 1.22. The molecule has 116 valence electrons. The fourth-order valence-electron chi connectivity index (χ4n) is 2.40. The highest BCUT2D eigenvalue weighted by Gasteiger charge is 2.28. The summed E-state index contributed by atoms with van der Waals surface area (Å²) in [5.41, 5.74) is 0. The minimum atomic E-state index is -1.44. The van der Waals surface area contributed by atoms with E-state index >= 15 is 0 Å². The Hall–Kier alpha value is 0.0569. The summed E-state index contributed by atoms with van der Waals surface area (Å²) in [6, 6.07) is 3.69. The van der Waals surface area contributed by atoms with Gasteiger partial charge in [-0.15, -0.1) is 0 Å². The van der Waals surface area contributed by atoms with Crippen molar-refractivity contribution in [3.8, 4) is 0 Å². The second-order valence-corrected chi connectivity index (χ2v) is 9.71. The Morgan fingerprint density at radius 1 is 0.842 bits per heavy atom. The molecular formula is C14H33NO3Si. The molecular weight excluding hydrogens is 258 g/mol. The second-order valence-electron chi connectivity index (χ2n) is 5.03. The Kier molecular flexibility index (Phi) is 11.9. The number of ether oxygens (including phenoxy) is 2. The molecule has 0 atom stereocenters. The zero-order valence-corrected chi connectivity index (χ0v) is 14.5. The Balaban J connectivity index is 4.07. The lowest BCUT2D eigenvalue weighted by Crippen LogP contribution is -2.37. The smallest absolute Gasteiger partial charge is 0.191 e. The first-order valence-electron chi connectivity index (χ1n) is 7.43. The SMILES string of the molecule is CC[Si](CC)(CCCN(CCOC)CCOC)OC. The lowest BCUT2D eigenvalue weighted by atomic mass is 10.4. The summed E-state index contributed by atoms with van der Waals surface area (Å²) in [6.45, 7) is 9.21. The molecule has 0 amide bonds. The molecule has 0 aromatic carbocycles. The van der Waals surface area contributed by atoms with Gasteiger partial charge in [0.25, 0.3) is 0 Å². The molecule has 19 heavy (non-hydrogen) atoms. The molecule has 0 rings (SSSR count). The molecule has 0 aromatic heterocycles. The van der Waals surface area contributed by atoms with Crippen molar-refractivity contribution >= 4 is 8.32 Å². The molecule has 0 aliphatic rings. The summed E-state index contributed by atoms with van der Waals surface area (Å²) < 4.78 is 16.2. The van der Waals surface area contributed by atoms with E-state index in [1.165, 1.54) is 24.6 Å². The van der Waals surface area contributed by atoms with Gasteiger partial charge in [-0.2, -0.15) is 0 Å². The topological polar surface area (TPSA) is 30.9 Å². The molecule has 0 radical (unpaired) electrons. The van der Waals surface area contributed by atoms with Crippen molar-refractivity contribution < 1.29 is 13.9 Å². The molecule has 0 heterocycles. The molecule has 0 saturated carbocycles. The van der Waals surface area contributed by atoms with Crippen molar-refractivity contribution in [2.75, 3.05) is 54.2 Å². The van der Waals surface area contributed by atoms with Crippen LogP contribution in [0.4, 0.5) is 0 Å². The highest BCUT2D eigenvalue weighted by atomic mass is 28.4. The molecule has 0 spiro atoms. The van der Waals surface area contributed by atoms with E-state index in [0.717, 1.165) is 32.8 Å². The van der Waals surface area contributed by atoms with E-state index < -0.39 is 8.32 Å². The lowest BCUT2D eigenvalue weighted by Gasteiger charge is -2.29. The van der Waals surface area contributed by atoms with Crippen molar-refractivity contribution in [2.24, 2.45) is 0 Å². The number of hydrogen-bond donors (Lipinski definition) is 0. The van der Waals surface area contributed by atoms with Gasteiger partial charge >= 0.3 is 0 Å². The maximum absolute atomic E-state index is 5.85. The van der Waals surface area contributed by atoms with Crippen LogP contribution in [0.3, 0.4) is 0 Å². The lowest BCUT2D eigenvalue weighted by molar-refractivity contribution is 0.114. The van der Waals surface area contributed by atoms with Crippen molar-refractivity contribution in [3.63, 3.8) is 0 Å². The Morgan fingerprint density at radius 3 is 1.74 bits per heavy atom. The summed E-state index contributed by atoms with van der Waals surface area (Å²) >= 11 is 0. The summed E-state index contributed by atoms with van der Waals surface area (Å²) in [5.74, 6) is 0. The summed E-state index contributed by atoms with van der Waals surface area (Å²) in [5, 5.41) is 0. The van der Waals surface area contributed by atoms with E-state index in [9.17, 15) is 0 Å². The molecule has 0 bridgehead atoms. The van der Waals surface area contributed by atoms with Crippen molar-refractivity contribution in [3.05, 3.63) is 0 Å². The Labute approximate surface area is 120 Å². The molecule has 0 unspecified atom stereocenters. The largest absolute Gasteiger partial charge is 0.420 e. The predicted molar refractivity (Wildman–Crippen MR) is 83.3 cm³/mol. The third-order valence-electron chi connectivity index (χ3n) is 4.05. The fourth-order valence-corrected chi connectivity index (χ4v) is 5.19. The average Bonchev–Trinajstić information content (AvgIpc) is 2.46. The average molecular weight is 292 g/mol. The first-order valence-corrected chi connectivity index (χ1v) is 9.96. The first-order chi connectivity index (χ1) is 9.17. The third-order valence-corrected chi connectivity index (χ3v) is 8.76. The standard InChI is InChI=1S/C14H33NO3Si/c1-6-19(7-2,18-5)14-8-9-15(10-12-16-3)11-13-17-4/h6-14H2,1-5H3. The van der Waals surface area contributed by atoms with Crippen LogP contribution in [0, 0.1) is 0 Å². The minimum absolute atomic E-state index is 0.790. The normalized spacial score (nSPS) is 12.3. The van der Waals surface area contributed by atoms with Gasteiger partial charge in [-0.25, -0.2) is 0 Å². The molecule has 0 aromatic rings. The maximum Gasteiger partial charge on any atom is 0.191 e. The van der Waals surface area contributed by atoms with Crippen molar-refractivity contribution in [1.29, 1.82) is 0 Å². The van der Waals surface area contributed by atoms with Crippen LogP contribution in [0.25, 0.3) is 0 Å². The van der Waals surface area contributed by atoms with E-state index in [1.54, 1.807) is 14.2 Å². The molecule has 4 nitrogen and oxygen atoms in total. The van der Waals surface area contributed by atoms with Gasteiger partial charge in [-0.1, -0.05) is 13.8 Å². The Bertz CT molecular complexity index is 185. The van der Waals surface area contributed by atoms with Crippen LogP contribution in [-0.2, 0) is 13.9 Å². The van der Waals surface area contributed by atoms with Crippen LogP contribution < -0.4 is 0 Å². The number of hydrogen-bond acceptors (Lipinski definition) is 4. The van der Waals surface area contributed by atoms with Crippen LogP contribution in [0.15, 0.2) is 0 Å². The van der Waals surface area contributed by atoms with E-state index in [4.69, 9.17) is 13.9 Å². The van der Waals surface area contributed by atoms with E-state index in [1.807, 2.05) is 7.11 Å². The quantitative estimate of drug-likeness (QED) is 0.488. The Morgan fingerprint density at radius 2 is 1.37 bits per heavy atom. The number of methoxy groups -OCH3 is 2. The summed E-state index contributed by atoms with van der Waals surface area (Å²) in [7, 11) is 3.97. The molecule has 0 saturated heterocycles. The van der Waals surface area contributed by atoms with Gasteiger partial charge in [0.1, 0.15) is 0 Å². The molecule has 0 aliphatic heterocycles. The highest BCUT2D eigenvalue weighted by molar-refractivity contribution is 6.73. The van der Waals surface area contributed by atoms with Gasteiger partial charge in [0, 0.05) is 34.4 Å². The van der Waals surface area contributed by atoms with E-state index in [0.29, 0.717) is 0 Å². The summed E-state index contributed by atoms with van der Waals surface area (Å²) in [4.78, 5) is 2.42. The molecule has 0 N–H and O–H groups in total. The van der Waals surface area contributed by atoms with Crippen molar-refractivity contribution in [1.82, 2.24) is 4.90 Å². The van der Waals surface area contributed by atoms with Crippen LogP contribution in [0.2, 0.25) is 18.1 Å². The van der Waals surface area contributed by atoms with Gasteiger partial charge in [-0.3, -0.25) is 4.90 Å². The van der Waals surface area contributed by atoms with Crippen molar-refractivity contribution in [2.45, 2.75) is 38.4 Å². The van der Waals surface area contributed by atoms with E-state index in [-0.39, 0.29) is 0 Å². The first kappa shape index (κ1) is 19.1. The van der Waals surface area contributed by atoms with Gasteiger partial charge in [0.15, 0.2) is 8.32 Å². The van der Waals surface area contributed by atoms with Gasteiger partial charge in [0.05, 0.1) is 13.2 Å². The van der Waals surface area contributed by atoms with Crippen LogP contribution in [-0.4, -0.2) is 67.4 Å². The zero-order valence-electron chi connectivity index (χ0n) is 13.5. The highest BCUT2D eigenvalue weighted by Crippen LogP contribution is 2.22. The fraction of sp³-hybridized carbons (Fsp3) is 1.00. The number of rotatable bonds is 13. The maximum atomic E-state index is 5.85. The number of nitrogens with zero attached hydrogens (tertiary/aromatic N) is 1. The zero-order chi connectivity index (χ0) is 14.6. The predicted octanol–water partition coefficient (Wildman–Crippen LogP) is 2.60. The minimum Gasteiger partial charge on any atom is -0.420 e. The van der Waals surface area contributed by atoms with Gasteiger partial charge in [0.2, 0.25) is 0 Å². The monoisotopic (exact) mass is 291 g/mol. The van der Waals surface area contributed by atoms with Crippen LogP contribution in [0.5, 0.6) is 0 Å². The molecule has 0 aliphatic carbocycles. The van der Waals surface area contributed by atoms with Gasteiger partial charge < -0.3 is 13.9 Å². The van der Waals surface area contributed by atoms with E-state index in [2.05, 4.69) is 18.7 Å². The van der Waals surface area contributed by atoms with Crippen LogP contribution in [0.1, 0.15) is 20.3 Å². The second kappa shape index (κ2) is 11.8. The van der Waals surface area contributed by atoms with Gasteiger partial charge in [-0.05, 0) is 31.1 Å². The molecule has 5 heteroatoms.